The molecule has 26 heavy (non-hydrogen) atoms. The Labute approximate surface area is 149 Å². The Bertz CT molecular complexity index is 960. The summed E-state index contributed by atoms with van der Waals surface area (Å²) in [6, 6.07) is 11.2. The van der Waals surface area contributed by atoms with Gasteiger partial charge in [-0.1, -0.05) is 18.2 Å². The Balaban J connectivity index is 1.43. The van der Waals surface area contributed by atoms with Crippen molar-refractivity contribution in [3.05, 3.63) is 65.7 Å². The summed E-state index contributed by atoms with van der Waals surface area (Å²) in [5, 5.41) is 17.3. The SMILES string of the molecule is O=C(O)c1cc2n(n1)CCN(CCc1cnn(-c3ccccc3)c1)C2=O. The smallest absolute Gasteiger partial charge is 0.356 e. The Kier molecular flexibility index (Phi) is 4.00. The number of amides is 1. The molecule has 0 aliphatic carbocycles. The number of para-hydroxylation sites is 1. The molecule has 0 atom stereocenters. The molecule has 1 aliphatic heterocycles. The highest BCUT2D eigenvalue weighted by Crippen LogP contribution is 2.15. The van der Waals surface area contributed by atoms with Crippen LogP contribution >= 0.6 is 0 Å². The second kappa shape index (κ2) is 6.47. The number of aromatic nitrogens is 4. The van der Waals surface area contributed by atoms with Crippen molar-refractivity contribution < 1.29 is 14.7 Å². The number of carbonyl (C=O) groups excluding carboxylic acids is 1. The van der Waals surface area contributed by atoms with E-state index in [1.54, 1.807) is 11.1 Å². The van der Waals surface area contributed by atoms with Crippen LogP contribution < -0.4 is 0 Å². The molecule has 0 saturated carbocycles. The number of hydrogen-bond acceptors (Lipinski definition) is 4. The van der Waals surface area contributed by atoms with Crippen molar-refractivity contribution in [3.63, 3.8) is 0 Å². The highest BCUT2D eigenvalue weighted by molar-refractivity contribution is 5.96. The van der Waals surface area contributed by atoms with Gasteiger partial charge in [-0.2, -0.15) is 10.2 Å². The standard InChI is InChI=1S/C18H17N5O3/c24-17-16-10-15(18(25)26)20-22(16)9-8-21(17)7-6-13-11-19-23(12-13)14-4-2-1-3-5-14/h1-5,10-12H,6-9H2,(H,25,26). The minimum absolute atomic E-state index is 0.0978. The van der Waals surface area contributed by atoms with Crippen LogP contribution in [0.3, 0.4) is 0 Å². The van der Waals surface area contributed by atoms with Gasteiger partial charge in [-0.05, 0) is 24.1 Å². The lowest BCUT2D eigenvalue weighted by molar-refractivity contribution is 0.0678. The van der Waals surface area contributed by atoms with E-state index in [0.717, 1.165) is 11.3 Å². The van der Waals surface area contributed by atoms with Crippen molar-refractivity contribution in [1.29, 1.82) is 0 Å². The van der Waals surface area contributed by atoms with Gasteiger partial charge in [0, 0.05) is 25.4 Å². The number of carboxylic acids is 1. The minimum Gasteiger partial charge on any atom is -0.476 e. The number of carbonyl (C=O) groups is 2. The van der Waals surface area contributed by atoms with Gasteiger partial charge in [0.05, 0.1) is 18.4 Å². The van der Waals surface area contributed by atoms with Crippen molar-refractivity contribution in [2.75, 3.05) is 13.1 Å². The molecule has 4 rings (SSSR count). The van der Waals surface area contributed by atoms with E-state index in [-0.39, 0.29) is 11.6 Å². The van der Waals surface area contributed by atoms with Gasteiger partial charge in [0.25, 0.3) is 5.91 Å². The van der Waals surface area contributed by atoms with E-state index in [1.165, 1.54) is 10.7 Å². The van der Waals surface area contributed by atoms with E-state index in [4.69, 9.17) is 5.11 Å². The van der Waals surface area contributed by atoms with Crippen LogP contribution in [0.4, 0.5) is 0 Å². The van der Waals surface area contributed by atoms with Crippen LogP contribution in [0.15, 0.2) is 48.8 Å². The highest BCUT2D eigenvalue weighted by Gasteiger charge is 2.27. The lowest BCUT2D eigenvalue weighted by Gasteiger charge is -2.27. The molecule has 0 saturated heterocycles. The quantitative estimate of drug-likeness (QED) is 0.751. The first-order chi connectivity index (χ1) is 12.6. The molecule has 8 nitrogen and oxygen atoms in total. The van der Waals surface area contributed by atoms with Gasteiger partial charge in [0.15, 0.2) is 5.69 Å². The van der Waals surface area contributed by atoms with E-state index < -0.39 is 5.97 Å². The van der Waals surface area contributed by atoms with Crippen molar-refractivity contribution in [1.82, 2.24) is 24.5 Å². The lowest BCUT2D eigenvalue weighted by Crippen LogP contribution is -2.41. The second-order valence-corrected chi connectivity index (χ2v) is 6.11. The molecule has 0 fully saturated rings. The van der Waals surface area contributed by atoms with E-state index in [0.29, 0.717) is 31.7 Å². The fraction of sp³-hybridized carbons (Fsp3) is 0.222. The molecule has 132 valence electrons. The third kappa shape index (κ3) is 2.97. The molecule has 0 unspecified atom stereocenters. The van der Waals surface area contributed by atoms with E-state index in [2.05, 4.69) is 10.2 Å². The summed E-state index contributed by atoms with van der Waals surface area (Å²) in [5.41, 5.74) is 2.25. The number of hydrogen-bond donors (Lipinski definition) is 1. The van der Waals surface area contributed by atoms with Gasteiger partial charge >= 0.3 is 5.97 Å². The molecule has 3 aromatic rings. The molecule has 1 aromatic carbocycles. The molecular formula is C18H17N5O3. The summed E-state index contributed by atoms with van der Waals surface area (Å²) in [6.45, 7) is 1.56. The Morgan fingerprint density at radius 2 is 2.00 bits per heavy atom. The van der Waals surface area contributed by atoms with Crippen molar-refractivity contribution in [2.45, 2.75) is 13.0 Å². The van der Waals surface area contributed by atoms with Crippen LogP contribution in [0, 0.1) is 0 Å². The van der Waals surface area contributed by atoms with Gasteiger partial charge in [0.2, 0.25) is 0 Å². The summed E-state index contributed by atoms with van der Waals surface area (Å²) in [4.78, 5) is 25.3. The zero-order valence-electron chi connectivity index (χ0n) is 13.9. The second-order valence-electron chi connectivity index (χ2n) is 6.11. The molecule has 3 heterocycles. The zero-order chi connectivity index (χ0) is 18.1. The first-order valence-electron chi connectivity index (χ1n) is 8.31. The predicted octanol–water partition coefficient (Wildman–Crippen LogP) is 1.47. The molecule has 8 heteroatoms. The average molecular weight is 351 g/mol. The summed E-state index contributed by atoms with van der Waals surface area (Å²) >= 11 is 0. The number of rotatable bonds is 5. The summed E-state index contributed by atoms with van der Waals surface area (Å²) < 4.78 is 3.28. The van der Waals surface area contributed by atoms with Crippen LogP contribution in [-0.4, -0.2) is 54.5 Å². The summed E-state index contributed by atoms with van der Waals surface area (Å²) in [5.74, 6) is -1.31. The van der Waals surface area contributed by atoms with Crippen LogP contribution in [0.2, 0.25) is 0 Å². The van der Waals surface area contributed by atoms with E-state index >= 15 is 0 Å². The number of nitrogens with zero attached hydrogens (tertiary/aromatic N) is 5. The predicted molar refractivity (Wildman–Crippen MR) is 92.4 cm³/mol. The van der Waals surface area contributed by atoms with Crippen LogP contribution in [0.25, 0.3) is 5.69 Å². The zero-order valence-corrected chi connectivity index (χ0v) is 13.9. The molecule has 0 bridgehead atoms. The van der Waals surface area contributed by atoms with Crippen molar-refractivity contribution >= 4 is 11.9 Å². The highest BCUT2D eigenvalue weighted by atomic mass is 16.4. The summed E-state index contributed by atoms with van der Waals surface area (Å²) in [7, 11) is 0. The minimum atomic E-state index is -1.13. The maximum absolute atomic E-state index is 12.6. The summed E-state index contributed by atoms with van der Waals surface area (Å²) in [6.07, 6.45) is 4.43. The average Bonchev–Trinajstić information content (AvgIpc) is 3.29. The largest absolute Gasteiger partial charge is 0.476 e. The van der Waals surface area contributed by atoms with Gasteiger partial charge in [-0.15, -0.1) is 0 Å². The lowest BCUT2D eigenvalue weighted by atomic mass is 10.2. The van der Waals surface area contributed by atoms with Crippen LogP contribution in [-0.2, 0) is 13.0 Å². The first kappa shape index (κ1) is 16.1. The maximum Gasteiger partial charge on any atom is 0.356 e. The molecular weight excluding hydrogens is 334 g/mol. The maximum atomic E-state index is 12.6. The van der Waals surface area contributed by atoms with E-state index in [9.17, 15) is 9.59 Å². The van der Waals surface area contributed by atoms with Crippen LogP contribution in [0.5, 0.6) is 0 Å². The molecule has 2 aromatic heterocycles. The Hall–Kier alpha value is -3.42. The third-order valence-corrected chi connectivity index (χ3v) is 4.41. The first-order valence-corrected chi connectivity index (χ1v) is 8.31. The number of fused-ring (bicyclic) bond motifs is 1. The van der Waals surface area contributed by atoms with E-state index in [1.807, 2.05) is 41.2 Å². The molecule has 1 amide bonds. The van der Waals surface area contributed by atoms with Crippen LogP contribution in [0.1, 0.15) is 26.5 Å². The number of carboxylic acid groups (broad SMARTS) is 1. The van der Waals surface area contributed by atoms with Gasteiger partial charge < -0.3 is 10.0 Å². The van der Waals surface area contributed by atoms with Crippen molar-refractivity contribution in [2.24, 2.45) is 0 Å². The Morgan fingerprint density at radius 3 is 2.77 bits per heavy atom. The molecule has 1 aliphatic rings. The fourth-order valence-corrected chi connectivity index (χ4v) is 3.03. The van der Waals surface area contributed by atoms with Gasteiger partial charge in [0.1, 0.15) is 5.69 Å². The molecule has 0 spiro atoms. The normalized spacial score (nSPS) is 13.7. The number of benzene rings is 1. The third-order valence-electron chi connectivity index (χ3n) is 4.41. The topological polar surface area (TPSA) is 93.2 Å². The van der Waals surface area contributed by atoms with Gasteiger partial charge in [-0.3, -0.25) is 9.48 Å². The fourth-order valence-electron chi connectivity index (χ4n) is 3.03. The Morgan fingerprint density at radius 1 is 1.19 bits per heavy atom. The molecule has 0 radical (unpaired) electrons. The molecule has 1 N–H and O–H groups in total. The monoisotopic (exact) mass is 351 g/mol. The van der Waals surface area contributed by atoms with Gasteiger partial charge in [-0.25, -0.2) is 9.48 Å². The number of aromatic carboxylic acids is 1. The van der Waals surface area contributed by atoms with Crippen molar-refractivity contribution in [3.8, 4) is 5.69 Å².